The number of hydrogen-bond donors (Lipinski definition) is 0. The molecule has 1 aliphatic heterocycles. The smallest absolute Gasteiger partial charge is 0.231 e. The van der Waals surface area contributed by atoms with E-state index in [2.05, 4.69) is 0 Å². The fourth-order valence-corrected chi connectivity index (χ4v) is 1.78. The van der Waals surface area contributed by atoms with E-state index in [4.69, 9.17) is 9.47 Å². The summed E-state index contributed by atoms with van der Waals surface area (Å²) in [7, 11) is 0. The van der Waals surface area contributed by atoms with Crippen LogP contribution in [0, 0.1) is 0 Å². The predicted octanol–water partition coefficient (Wildman–Crippen LogP) is 1.95. The zero-order valence-corrected chi connectivity index (χ0v) is 7.89. The number of benzene rings is 1. The Hall–Kier alpha value is -1.16. The normalized spacial score (nSPS) is 13.0. The van der Waals surface area contributed by atoms with Crippen molar-refractivity contribution >= 4 is 18.0 Å². The largest absolute Gasteiger partial charge is 0.454 e. The molecule has 0 atom stereocenters. The zero-order valence-electron chi connectivity index (χ0n) is 7.07. The third-order valence-electron chi connectivity index (χ3n) is 1.85. The Bertz CT molecular complexity index is 349. The molecule has 1 aliphatic rings. The lowest BCUT2D eigenvalue weighted by atomic mass is 10.2. The summed E-state index contributed by atoms with van der Waals surface area (Å²) in [4.78, 5) is 11.6. The Morgan fingerprint density at radius 1 is 1.38 bits per heavy atom. The molecule has 1 heterocycles. The van der Waals surface area contributed by atoms with Gasteiger partial charge in [-0.2, -0.15) is 0 Å². The van der Waals surface area contributed by atoms with Gasteiger partial charge in [0.15, 0.2) is 17.8 Å². The van der Waals surface area contributed by atoms with Gasteiger partial charge in [0.05, 0.1) is 0 Å². The topological polar surface area (TPSA) is 35.5 Å². The summed E-state index contributed by atoms with van der Waals surface area (Å²) in [6.07, 6.45) is 2.75. The predicted molar refractivity (Wildman–Crippen MR) is 49.7 cm³/mol. The first-order valence-electron chi connectivity index (χ1n) is 3.78. The standard InChI is InChI=1S/C9H8O3S/c1-13-9-3-8-7(11-5-12-8)2-6(9)4-10/h2-4H,5H2,1H3. The first-order chi connectivity index (χ1) is 6.35. The maximum absolute atomic E-state index is 10.7. The van der Waals surface area contributed by atoms with Crippen LogP contribution in [0.3, 0.4) is 0 Å². The highest BCUT2D eigenvalue weighted by Crippen LogP contribution is 2.37. The van der Waals surface area contributed by atoms with Crippen molar-refractivity contribution in [1.29, 1.82) is 0 Å². The monoisotopic (exact) mass is 196 g/mol. The average Bonchev–Trinajstić information content (AvgIpc) is 2.62. The van der Waals surface area contributed by atoms with Crippen molar-refractivity contribution in [2.75, 3.05) is 13.0 Å². The first-order valence-corrected chi connectivity index (χ1v) is 5.00. The van der Waals surface area contributed by atoms with E-state index >= 15 is 0 Å². The van der Waals surface area contributed by atoms with Crippen molar-refractivity contribution in [3.05, 3.63) is 17.7 Å². The summed E-state index contributed by atoms with van der Waals surface area (Å²) in [5.74, 6) is 1.37. The molecule has 1 aromatic rings. The number of carbonyl (C=O) groups excluding carboxylic acids is 1. The highest BCUT2D eigenvalue weighted by atomic mass is 32.2. The number of rotatable bonds is 2. The van der Waals surface area contributed by atoms with Gasteiger partial charge in [-0.3, -0.25) is 4.79 Å². The average molecular weight is 196 g/mol. The molecule has 0 unspecified atom stereocenters. The maximum Gasteiger partial charge on any atom is 0.231 e. The van der Waals surface area contributed by atoms with E-state index < -0.39 is 0 Å². The highest BCUT2D eigenvalue weighted by molar-refractivity contribution is 7.98. The maximum atomic E-state index is 10.7. The number of fused-ring (bicyclic) bond motifs is 1. The van der Waals surface area contributed by atoms with Crippen LogP contribution < -0.4 is 9.47 Å². The van der Waals surface area contributed by atoms with Gasteiger partial charge in [-0.1, -0.05) is 0 Å². The molecular weight excluding hydrogens is 188 g/mol. The van der Waals surface area contributed by atoms with Crippen LogP contribution in [0.1, 0.15) is 10.4 Å². The lowest BCUT2D eigenvalue weighted by Gasteiger charge is -2.02. The molecule has 1 aromatic carbocycles. The van der Waals surface area contributed by atoms with Crippen LogP contribution in [-0.4, -0.2) is 19.3 Å². The van der Waals surface area contributed by atoms with E-state index in [1.54, 1.807) is 6.07 Å². The van der Waals surface area contributed by atoms with Crippen molar-refractivity contribution < 1.29 is 14.3 Å². The van der Waals surface area contributed by atoms with Crippen LogP contribution in [-0.2, 0) is 0 Å². The fourth-order valence-electron chi connectivity index (χ4n) is 1.21. The highest BCUT2D eigenvalue weighted by Gasteiger charge is 2.16. The van der Waals surface area contributed by atoms with E-state index in [-0.39, 0.29) is 6.79 Å². The van der Waals surface area contributed by atoms with Crippen molar-refractivity contribution in [1.82, 2.24) is 0 Å². The van der Waals surface area contributed by atoms with Crippen molar-refractivity contribution in [3.8, 4) is 11.5 Å². The molecule has 0 amide bonds. The van der Waals surface area contributed by atoms with E-state index in [9.17, 15) is 4.79 Å². The van der Waals surface area contributed by atoms with Gasteiger partial charge in [0.25, 0.3) is 0 Å². The molecule has 0 fully saturated rings. The van der Waals surface area contributed by atoms with Crippen molar-refractivity contribution in [3.63, 3.8) is 0 Å². The SMILES string of the molecule is CSc1cc2c(cc1C=O)OCO2. The van der Waals surface area contributed by atoms with Crippen LogP contribution in [0.5, 0.6) is 11.5 Å². The molecule has 0 saturated carbocycles. The molecular formula is C9H8O3S. The number of aldehydes is 1. The summed E-state index contributed by atoms with van der Waals surface area (Å²) < 4.78 is 10.3. The molecule has 0 aliphatic carbocycles. The second-order valence-corrected chi connectivity index (χ2v) is 3.41. The summed E-state index contributed by atoms with van der Waals surface area (Å²) in [6, 6.07) is 3.54. The summed E-state index contributed by atoms with van der Waals surface area (Å²) in [5, 5.41) is 0. The van der Waals surface area contributed by atoms with Gasteiger partial charge in [-0.05, 0) is 18.4 Å². The van der Waals surface area contributed by atoms with Gasteiger partial charge < -0.3 is 9.47 Å². The second kappa shape index (κ2) is 3.30. The number of carbonyl (C=O) groups is 1. The minimum atomic E-state index is 0.242. The summed E-state index contributed by atoms with van der Waals surface area (Å²) in [6.45, 7) is 0.242. The lowest BCUT2D eigenvalue weighted by Crippen LogP contribution is -1.92. The number of thioether (sulfide) groups is 1. The fraction of sp³-hybridized carbons (Fsp3) is 0.222. The van der Waals surface area contributed by atoms with Gasteiger partial charge in [-0.15, -0.1) is 11.8 Å². The van der Waals surface area contributed by atoms with Crippen LogP contribution in [0.25, 0.3) is 0 Å². The molecule has 0 radical (unpaired) electrons. The van der Waals surface area contributed by atoms with E-state index in [0.717, 1.165) is 16.9 Å². The number of hydrogen-bond acceptors (Lipinski definition) is 4. The van der Waals surface area contributed by atoms with Crippen molar-refractivity contribution in [2.24, 2.45) is 0 Å². The quantitative estimate of drug-likeness (QED) is 0.535. The Kier molecular flexibility index (Phi) is 2.14. The van der Waals surface area contributed by atoms with Gasteiger partial charge in [0.2, 0.25) is 6.79 Å². The molecule has 0 spiro atoms. The molecule has 13 heavy (non-hydrogen) atoms. The molecule has 68 valence electrons. The second-order valence-electron chi connectivity index (χ2n) is 2.57. The Morgan fingerprint density at radius 3 is 2.69 bits per heavy atom. The number of ether oxygens (including phenoxy) is 2. The van der Waals surface area contributed by atoms with Gasteiger partial charge in [-0.25, -0.2) is 0 Å². The van der Waals surface area contributed by atoms with Gasteiger partial charge in [0, 0.05) is 10.5 Å². The molecule has 0 bridgehead atoms. The van der Waals surface area contributed by atoms with Crippen LogP contribution in [0.4, 0.5) is 0 Å². The minimum Gasteiger partial charge on any atom is -0.454 e. The van der Waals surface area contributed by atoms with Crippen LogP contribution in [0.2, 0.25) is 0 Å². The minimum absolute atomic E-state index is 0.242. The van der Waals surface area contributed by atoms with Crippen molar-refractivity contribution in [2.45, 2.75) is 4.90 Å². The Morgan fingerprint density at radius 2 is 2.08 bits per heavy atom. The van der Waals surface area contributed by atoms with Gasteiger partial charge >= 0.3 is 0 Å². The Balaban J connectivity index is 2.53. The molecule has 0 aromatic heterocycles. The molecule has 2 rings (SSSR count). The molecule has 3 nitrogen and oxygen atoms in total. The summed E-state index contributed by atoms with van der Waals surface area (Å²) in [5.41, 5.74) is 0.650. The molecule has 4 heteroatoms. The summed E-state index contributed by atoms with van der Waals surface area (Å²) >= 11 is 1.52. The van der Waals surface area contributed by atoms with E-state index in [1.807, 2.05) is 12.3 Å². The molecule has 0 saturated heterocycles. The third kappa shape index (κ3) is 1.37. The first kappa shape index (κ1) is 8.44. The van der Waals surface area contributed by atoms with Gasteiger partial charge in [0.1, 0.15) is 0 Å². The Labute approximate surface area is 80.0 Å². The zero-order chi connectivity index (χ0) is 9.26. The van der Waals surface area contributed by atoms with Crippen LogP contribution >= 0.6 is 11.8 Å². The van der Waals surface area contributed by atoms with E-state index in [1.165, 1.54) is 11.8 Å². The third-order valence-corrected chi connectivity index (χ3v) is 2.65. The lowest BCUT2D eigenvalue weighted by molar-refractivity contribution is 0.112. The molecule has 0 N–H and O–H groups in total. The van der Waals surface area contributed by atoms with Crippen LogP contribution in [0.15, 0.2) is 17.0 Å². The van der Waals surface area contributed by atoms with E-state index in [0.29, 0.717) is 11.3 Å².